The van der Waals surface area contributed by atoms with Crippen LogP contribution in [0, 0.1) is 6.92 Å². The molecule has 0 unspecified atom stereocenters. The molecule has 0 spiro atoms. The van der Waals surface area contributed by atoms with Gasteiger partial charge in [-0.2, -0.15) is 0 Å². The molecule has 3 heterocycles. The quantitative estimate of drug-likeness (QED) is 0.545. The number of benzene rings is 2. The summed E-state index contributed by atoms with van der Waals surface area (Å²) in [4.78, 5) is 46.8. The van der Waals surface area contributed by atoms with Gasteiger partial charge in [-0.1, -0.05) is 29.0 Å². The summed E-state index contributed by atoms with van der Waals surface area (Å²) in [5.41, 5.74) is 3.10. The fourth-order valence-corrected chi connectivity index (χ4v) is 5.50. The number of amides is 3. The smallest absolute Gasteiger partial charge is 0.253 e. The van der Waals surface area contributed by atoms with Crippen LogP contribution in [-0.4, -0.2) is 53.8 Å². The number of aryl methyl sites for hydroxylation is 1. The zero-order chi connectivity index (χ0) is 22.4. The maximum Gasteiger partial charge on any atom is 0.253 e. The third-order valence-electron chi connectivity index (χ3n) is 5.95. The highest BCUT2D eigenvalue weighted by Gasteiger charge is 2.30. The van der Waals surface area contributed by atoms with E-state index in [0.717, 1.165) is 20.9 Å². The molecule has 0 saturated carbocycles. The molecular weight excluding hydrogens is 448 g/mol. The van der Waals surface area contributed by atoms with Gasteiger partial charge >= 0.3 is 0 Å². The van der Waals surface area contributed by atoms with Crippen LogP contribution in [0.5, 0.6) is 0 Å². The molecule has 2 aliphatic rings. The Kier molecular flexibility index (Phi) is 5.35. The number of carbonyl (C=O) groups excluding carboxylic acids is 3. The minimum atomic E-state index is -0.198. The van der Waals surface area contributed by atoms with Gasteiger partial charge < -0.3 is 9.80 Å². The lowest BCUT2D eigenvalue weighted by atomic mass is 10.1. The van der Waals surface area contributed by atoms with Gasteiger partial charge in [0, 0.05) is 44.6 Å². The number of thiazole rings is 1. The van der Waals surface area contributed by atoms with E-state index in [1.54, 1.807) is 35.6 Å². The Hall–Kier alpha value is -2.97. The molecule has 0 radical (unpaired) electrons. The topological polar surface area (TPSA) is 73.8 Å². The Labute approximate surface area is 194 Å². The zero-order valence-corrected chi connectivity index (χ0v) is 19.1. The SMILES string of the molecule is Cc1ccc(Cl)c2sc(N3CCN(C(=O)c4ccc(N5C(=O)CCC5=O)cc4)CC3)nc12. The molecule has 0 atom stereocenters. The van der Waals surface area contributed by atoms with Crippen molar-refractivity contribution in [3.8, 4) is 0 Å². The molecule has 3 amide bonds. The number of fused-ring (bicyclic) bond motifs is 1. The van der Waals surface area contributed by atoms with Gasteiger partial charge in [-0.15, -0.1) is 0 Å². The molecule has 32 heavy (non-hydrogen) atoms. The normalized spacial score (nSPS) is 17.0. The van der Waals surface area contributed by atoms with Crippen molar-refractivity contribution < 1.29 is 14.4 Å². The Morgan fingerprint density at radius 2 is 1.62 bits per heavy atom. The van der Waals surface area contributed by atoms with Crippen LogP contribution in [0.15, 0.2) is 36.4 Å². The number of rotatable bonds is 3. The molecular formula is C23H21ClN4O3S. The van der Waals surface area contributed by atoms with E-state index in [1.165, 1.54) is 4.90 Å². The predicted molar refractivity (Wildman–Crippen MR) is 126 cm³/mol. The minimum Gasteiger partial charge on any atom is -0.345 e. The van der Waals surface area contributed by atoms with Gasteiger partial charge in [-0.25, -0.2) is 4.98 Å². The molecule has 2 aliphatic heterocycles. The van der Waals surface area contributed by atoms with E-state index in [1.807, 2.05) is 24.0 Å². The van der Waals surface area contributed by atoms with Crippen LogP contribution >= 0.6 is 22.9 Å². The number of hydrogen-bond acceptors (Lipinski definition) is 6. The van der Waals surface area contributed by atoms with E-state index >= 15 is 0 Å². The van der Waals surface area contributed by atoms with Crippen molar-refractivity contribution in [3.05, 3.63) is 52.5 Å². The lowest BCUT2D eigenvalue weighted by molar-refractivity contribution is -0.121. The lowest BCUT2D eigenvalue weighted by Gasteiger charge is -2.34. The van der Waals surface area contributed by atoms with Gasteiger partial charge in [0.05, 0.1) is 20.9 Å². The van der Waals surface area contributed by atoms with Crippen molar-refractivity contribution in [1.29, 1.82) is 0 Å². The maximum atomic E-state index is 13.0. The number of nitrogens with zero attached hydrogens (tertiary/aromatic N) is 4. The van der Waals surface area contributed by atoms with E-state index in [9.17, 15) is 14.4 Å². The molecule has 164 valence electrons. The van der Waals surface area contributed by atoms with Gasteiger partial charge in [0.25, 0.3) is 5.91 Å². The average Bonchev–Trinajstić information content (AvgIpc) is 3.41. The molecule has 0 N–H and O–H groups in total. The number of halogens is 1. The second-order valence-electron chi connectivity index (χ2n) is 7.99. The molecule has 2 aromatic carbocycles. The van der Waals surface area contributed by atoms with E-state index in [4.69, 9.17) is 16.6 Å². The average molecular weight is 469 g/mol. The number of imide groups is 1. The molecule has 1 aromatic heterocycles. The third kappa shape index (κ3) is 3.63. The second-order valence-corrected chi connectivity index (χ2v) is 9.37. The summed E-state index contributed by atoms with van der Waals surface area (Å²) in [5.74, 6) is -0.452. The van der Waals surface area contributed by atoms with Crippen molar-refractivity contribution in [2.24, 2.45) is 0 Å². The first-order valence-electron chi connectivity index (χ1n) is 10.5. The van der Waals surface area contributed by atoms with Crippen LogP contribution in [-0.2, 0) is 9.59 Å². The minimum absolute atomic E-state index is 0.0570. The summed E-state index contributed by atoms with van der Waals surface area (Å²) < 4.78 is 0.996. The van der Waals surface area contributed by atoms with E-state index in [2.05, 4.69) is 4.90 Å². The summed E-state index contributed by atoms with van der Waals surface area (Å²) in [6, 6.07) is 10.6. The monoisotopic (exact) mass is 468 g/mol. The molecule has 2 saturated heterocycles. The van der Waals surface area contributed by atoms with Gasteiger partial charge in [0.1, 0.15) is 0 Å². The summed E-state index contributed by atoms with van der Waals surface area (Å²) >= 11 is 7.93. The Morgan fingerprint density at radius 1 is 0.969 bits per heavy atom. The van der Waals surface area contributed by atoms with Gasteiger partial charge in [0.2, 0.25) is 11.8 Å². The fraction of sp³-hybridized carbons (Fsp3) is 0.304. The number of piperazine rings is 1. The molecule has 0 bridgehead atoms. The van der Waals surface area contributed by atoms with E-state index in [-0.39, 0.29) is 30.6 Å². The molecule has 2 fully saturated rings. The predicted octanol–water partition coefficient (Wildman–Crippen LogP) is 3.87. The largest absolute Gasteiger partial charge is 0.345 e. The molecule has 0 aliphatic carbocycles. The zero-order valence-electron chi connectivity index (χ0n) is 17.5. The first kappa shape index (κ1) is 20.9. The highest BCUT2D eigenvalue weighted by atomic mass is 35.5. The van der Waals surface area contributed by atoms with Crippen LogP contribution in [0.1, 0.15) is 28.8 Å². The van der Waals surface area contributed by atoms with Crippen molar-refractivity contribution in [2.75, 3.05) is 36.0 Å². The number of anilines is 2. The van der Waals surface area contributed by atoms with Crippen molar-refractivity contribution in [1.82, 2.24) is 9.88 Å². The highest BCUT2D eigenvalue weighted by Crippen LogP contribution is 2.36. The van der Waals surface area contributed by atoms with Crippen molar-refractivity contribution >= 4 is 61.7 Å². The third-order valence-corrected chi connectivity index (χ3v) is 7.52. The fourth-order valence-electron chi connectivity index (χ4n) is 4.13. The van der Waals surface area contributed by atoms with Crippen LogP contribution in [0.2, 0.25) is 5.02 Å². The Balaban J connectivity index is 1.26. The van der Waals surface area contributed by atoms with Crippen molar-refractivity contribution in [2.45, 2.75) is 19.8 Å². The number of carbonyl (C=O) groups is 3. The van der Waals surface area contributed by atoms with E-state index in [0.29, 0.717) is 42.5 Å². The number of aromatic nitrogens is 1. The second kappa shape index (κ2) is 8.18. The van der Waals surface area contributed by atoms with Crippen LogP contribution in [0.3, 0.4) is 0 Å². The van der Waals surface area contributed by atoms with Gasteiger partial charge in [-0.05, 0) is 42.8 Å². The van der Waals surface area contributed by atoms with Crippen molar-refractivity contribution in [3.63, 3.8) is 0 Å². The summed E-state index contributed by atoms with van der Waals surface area (Å²) in [6.45, 7) is 4.59. The molecule has 3 aromatic rings. The Bertz CT molecular complexity index is 1180. The highest BCUT2D eigenvalue weighted by molar-refractivity contribution is 7.22. The molecule has 7 nitrogen and oxygen atoms in total. The van der Waals surface area contributed by atoms with Gasteiger partial charge in [0.15, 0.2) is 5.13 Å². The van der Waals surface area contributed by atoms with E-state index < -0.39 is 0 Å². The van der Waals surface area contributed by atoms with Gasteiger partial charge in [-0.3, -0.25) is 19.3 Å². The first-order valence-corrected chi connectivity index (χ1v) is 11.7. The summed E-state index contributed by atoms with van der Waals surface area (Å²) in [7, 11) is 0. The maximum absolute atomic E-state index is 13.0. The standard InChI is InChI=1S/C23H21ClN4O3S/c1-14-2-7-17(24)21-20(14)25-23(32-21)27-12-10-26(11-13-27)22(31)15-3-5-16(6-4-15)28-18(29)8-9-19(28)30/h2-7H,8-13H2,1H3. The molecule has 5 rings (SSSR count). The summed E-state index contributed by atoms with van der Waals surface area (Å²) in [6.07, 6.45) is 0.481. The number of hydrogen-bond donors (Lipinski definition) is 0. The lowest BCUT2D eigenvalue weighted by Crippen LogP contribution is -2.48. The van der Waals surface area contributed by atoms with Crippen LogP contribution < -0.4 is 9.80 Å². The summed E-state index contributed by atoms with van der Waals surface area (Å²) in [5, 5.41) is 1.64. The van der Waals surface area contributed by atoms with Crippen LogP contribution in [0.25, 0.3) is 10.2 Å². The van der Waals surface area contributed by atoms with Crippen LogP contribution in [0.4, 0.5) is 10.8 Å². The Morgan fingerprint density at radius 3 is 2.25 bits per heavy atom. The molecule has 9 heteroatoms. The first-order chi connectivity index (χ1) is 15.4.